The van der Waals surface area contributed by atoms with Crippen LogP contribution in [0, 0.1) is 5.92 Å². The number of hydrogen-bond donors (Lipinski definition) is 3. The number of carbonyl (C=O) groups is 2. The van der Waals surface area contributed by atoms with Gasteiger partial charge in [-0.25, -0.2) is 9.50 Å². The highest BCUT2D eigenvalue weighted by Gasteiger charge is 2.44. The number of hydrogen-bond acceptors (Lipinski definition) is 6. The minimum atomic E-state index is -4.74. The second-order valence-electron chi connectivity index (χ2n) is 11.7. The zero-order valence-electron chi connectivity index (χ0n) is 22.3. The number of aliphatic hydroxyl groups is 1. The summed E-state index contributed by atoms with van der Waals surface area (Å²) in [7, 11) is 0. The first-order valence-corrected chi connectivity index (χ1v) is 13.6. The molecule has 212 valence electrons. The molecule has 40 heavy (non-hydrogen) atoms. The molecule has 4 N–H and O–H groups in total. The van der Waals surface area contributed by atoms with Gasteiger partial charge in [-0.1, -0.05) is 0 Å². The molecule has 1 unspecified atom stereocenters. The van der Waals surface area contributed by atoms with E-state index in [4.69, 9.17) is 5.73 Å². The molecule has 1 aromatic carbocycles. The molecule has 3 aromatic rings. The van der Waals surface area contributed by atoms with Gasteiger partial charge in [0.25, 0.3) is 11.8 Å². The number of amides is 2. The van der Waals surface area contributed by atoms with Gasteiger partial charge in [0.15, 0.2) is 11.5 Å². The van der Waals surface area contributed by atoms with Gasteiger partial charge < -0.3 is 21.1 Å². The lowest BCUT2D eigenvalue weighted by atomic mass is 9.83. The van der Waals surface area contributed by atoms with Gasteiger partial charge >= 0.3 is 6.18 Å². The molecule has 2 aromatic heterocycles. The SMILES string of the molecule is CC(C1CC1)N1Cc2cc(-c3ccn4nc(N)c(C(=O)NC5CCC(C)(O)CC5)c4n3)cc(C(F)(F)F)c2C1=O. The van der Waals surface area contributed by atoms with E-state index in [0.29, 0.717) is 37.2 Å². The van der Waals surface area contributed by atoms with Crippen LogP contribution in [0.4, 0.5) is 19.0 Å². The van der Waals surface area contributed by atoms with E-state index in [0.717, 1.165) is 18.9 Å². The molecule has 2 aliphatic carbocycles. The van der Waals surface area contributed by atoms with Gasteiger partial charge in [0.1, 0.15) is 5.56 Å². The van der Waals surface area contributed by atoms with Crippen molar-refractivity contribution >= 4 is 23.3 Å². The third-order valence-corrected chi connectivity index (χ3v) is 8.57. The molecule has 3 aliphatic rings. The molecular formula is C28H31F3N6O3. The Hall–Kier alpha value is -3.67. The van der Waals surface area contributed by atoms with Crippen LogP contribution in [-0.4, -0.2) is 54.1 Å². The van der Waals surface area contributed by atoms with E-state index in [1.165, 1.54) is 21.7 Å². The predicted octanol–water partition coefficient (Wildman–Crippen LogP) is 4.18. The maximum Gasteiger partial charge on any atom is 0.417 e. The molecule has 2 fully saturated rings. The number of carbonyl (C=O) groups excluding carboxylic acids is 2. The fourth-order valence-electron chi connectivity index (χ4n) is 5.98. The second-order valence-corrected chi connectivity index (χ2v) is 11.7. The normalized spacial score (nSPS) is 23.9. The summed E-state index contributed by atoms with van der Waals surface area (Å²) in [6.45, 7) is 3.76. The van der Waals surface area contributed by atoms with Crippen LogP contribution in [0.1, 0.15) is 84.2 Å². The molecule has 9 nitrogen and oxygen atoms in total. The molecule has 12 heteroatoms. The Morgan fingerprint density at radius 3 is 2.58 bits per heavy atom. The number of benzene rings is 1. The zero-order chi connectivity index (χ0) is 28.6. The molecule has 0 bridgehead atoms. The highest BCUT2D eigenvalue weighted by atomic mass is 19.4. The Bertz CT molecular complexity index is 1520. The Morgan fingerprint density at radius 2 is 1.93 bits per heavy atom. The van der Waals surface area contributed by atoms with Crippen LogP contribution in [0.5, 0.6) is 0 Å². The maximum absolute atomic E-state index is 14.2. The Labute approximate surface area is 228 Å². The molecule has 6 rings (SSSR count). The van der Waals surface area contributed by atoms with Crippen molar-refractivity contribution in [3.05, 3.63) is 46.6 Å². The quantitative estimate of drug-likeness (QED) is 0.433. The number of anilines is 1. The monoisotopic (exact) mass is 556 g/mol. The summed E-state index contributed by atoms with van der Waals surface area (Å²) >= 11 is 0. The number of rotatable bonds is 5. The average Bonchev–Trinajstić information content (AvgIpc) is 3.61. The molecule has 0 spiro atoms. The predicted molar refractivity (Wildman–Crippen MR) is 140 cm³/mol. The van der Waals surface area contributed by atoms with Crippen molar-refractivity contribution in [2.24, 2.45) is 5.92 Å². The summed E-state index contributed by atoms with van der Waals surface area (Å²) in [6, 6.07) is 3.75. The topological polar surface area (TPSA) is 126 Å². The summed E-state index contributed by atoms with van der Waals surface area (Å²) in [5, 5.41) is 17.3. The second kappa shape index (κ2) is 9.18. The van der Waals surface area contributed by atoms with E-state index >= 15 is 0 Å². The lowest BCUT2D eigenvalue weighted by Gasteiger charge is -2.33. The molecule has 0 radical (unpaired) electrons. The average molecular weight is 557 g/mol. The standard InChI is InChI=1S/C28H31F3N6O3/c1-14(15-3-4-15)36-13-17-11-16(12-19(28(29,30)31)21(17)26(36)39)20-7-10-37-24(34-20)22(23(32)35-37)25(38)33-18-5-8-27(2,40)9-6-18/h7,10-12,14-15,18,40H,3-6,8-9,13H2,1-2H3,(H2,32,35)(H,33,38). The third kappa shape index (κ3) is 4.67. The van der Waals surface area contributed by atoms with Crippen molar-refractivity contribution in [3.8, 4) is 11.3 Å². The largest absolute Gasteiger partial charge is 0.417 e. The lowest BCUT2D eigenvalue weighted by Crippen LogP contribution is -2.42. The van der Waals surface area contributed by atoms with E-state index < -0.39 is 29.2 Å². The number of nitrogens with one attached hydrogen (secondary N) is 1. The minimum absolute atomic E-state index is 0.0380. The van der Waals surface area contributed by atoms with Crippen molar-refractivity contribution in [2.75, 3.05) is 5.73 Å². The first-order valence-electron chi connectivity index (χ1n) is 13.6. The van der Waals surface area contributed by atoms with E-state index in [1.54, 1.807) is 13.0 Å². The molecule has 2 amide bonds. The third-order valence-electron chi connectivity index (χ3n) is 8.57. The van der Waals surface area contributed by atoms with Gasteiger partial charge in [-0.3, -0.25) is 9.59 Å². The van der Waals surface area contributed by atoms with Gasteiger partial charge in [0.2, 0.25) is 0 Å². The molecular weight excluding hydrogens is 525 g/mol. The van der Waals surface area contributed by atoms with Crippen molar-refractivity contribution < 1.29 is 27.9 Å². The minimum Gasteiger partial charge on any atom is -0.390 e. The van der Waals surface area contributed by atoms with Gasteiger partial charge in [0.05, 0.1) is 22.4 Å². The number of aromatic nitrogens is 3. The van der Waals surface area contributed by atoms with Crippen molar-refractivity contribution in [1.29, 1.82) is 0 Å². The van der Waals surface area contributed by atoms with Crippen molar-refractivity contribution in [3.63, 3.8) is 0 Å². The summed E-state index contributed by atoms with van der Waals surface area (Å²) in [5.74, 6) is -0.813. The lowest BCUT2D eigenvalue weighted by molar-refractivity contribution is -0.137. The summed E-state index contributed by atoms with van der Waals surface area (Å²) in [4.78, 5) is 32.4. The highest BCUT2D eigenvalue weighted by Crippen LogP contribution is 2.43. The van der Waals surface area contributed by atoms with Gasteiger partial charge in [-0.05, 0) is 82.1 Å². The number of fused-ring (bicyclic) bond motifs is 2. The molecule has 1 aliphatic heterocycles. The summed E-state index contributed by atoms with van der Waals surface area (Å²) < 4.78 is 44.0. The zero-order valence-corrected chi connectivity index (χ0v) is 22.3. The van der Waals surface area contributed by atoms with Crippen LogP contribution < -0.4 is 11.1 Å². The fraction of sp³-hybridized carbons (Fsp3) is 0.500. The van der Waals surface area contributed by atoms with Crippen LogP contribution in [0.25, 0.3) is 16.9 Å². The van der Waals surface area contributed by atoms with Crippen LogP contribution in [0.15, 0.2) is 24.4 Å². The van der Waals surface area contributed by atoms with Gasteiger partial charge in [-0.2, -0.15) is 13.2 Å². The Balaban J connectivity index is 1.36. The number of nitrogens with two attached hydrogens (primary N) is 1. The van der Waals surface area contributed by atoms with E-state index in [1.807, 2.05) is 6.92 Å². The van der Waals surface area contributed by atoms with Crippen molar-refractivity contribution in [1.82, 2.24) is 24.8 Å². The van der Waals surface area contributed by atoms with E-state index in [9.17, 15) is 27.9 Å². The number of halogens is 3. The smallest absolute Gasteiger partial charge is 0.390 e. The highest BCUT2D eigenvalue weighted by molar-refractivity contribution is 6.04. The number of nitrogens with zero attached hydrogens (tertiary/aromatic N) is 4. The van der Waals surface area contributed by atoms with Crippen molar-refractivity contribution in [2.45, 2.75) is 82.8 Å². The first-order chi connectivity index (χ1) is 18.8. The summed E-state index contributed by atoms with van der Waals surface area (Å²) in [5.41, 5.74) is 4.86. The molecule has 0 saturated heterocycles. The molecule has 3 heterocycles. The van der Waals surface area contributed by atoms with Crippen LogP contribution in [0.3, 0.4) is 0 Å². The first kappa shape index (κ1) is 26.5. The number of alkyl halides is 3. The fourth-order valence-corrected chi connectivity index (χ4v) is 5.98. The Kier molecular flexibility index (Phi) is 6.10. The molecule has 1 atom stereocenters. The molecule has 2 saturated carbocycles. The van der Waals surface area contributed by atoms with Gasteiger partial charge in [-0.15, -0.1) is 5.10 Å². The maximum atomic E-state index is 14.2. The van der Waals surface area contributed by atoms with Crippen LogP contribution >= 0.6 is 0 Å². The Morgan fingerprint density at radius 1 is 1.23 bits per heavy atom. The van der Waals surface area contributed by atoms with Crippen LogP contribution in [-0.2, 0) is 12.7 Å². The van der Waals surface area contributed by atoms with E-state index in [2.05, 4.69) is 15.4 Å². The van der Waals surface area contributed by atoms with E-state index in [-0.39, 0.29) is 52.5 Å². The summed E-state index contributed by atoms with van der Waals surface area (Å²) in [6.07, 6.45) is 0.976. The van der Waals surface area contributed by atoms with Gasteiger partial charge in [0, 0.05) is 30.4 Å². The number of nitrogen functional groups attached to an aromatic ring is 1. The van der Waals surface area contributed by atoms with Crippen LogP contribution in [0.2, 0.25) is 0 Å².